The summed E-state index contributed by atoms with van der Waals surface area (Å²) < 4.78 is 17.4. The van der Waals surface area contributed by atoms with Crippen LogP contribution in [-0.4, -0.2) is 19.1 Å². The molecule has 0 saturated carbocycles. The molecule has 0 radical (unpaired) electrons. The Balaban J connectivity index is 1.88. The van der Waals surface area contributed by atoms with E-state index in [1.165, 1.54) is 0 Å². The fraction of sp³-hybridized carbons (Fsp3) is 0.200. The number of carbonyl (C=O) groups is 1. The zero-order valence-corrected chi connectivity index (χ0v) is 20.6. The van der Waals surface area contributed by atoms with Gasteiger partial charge in [-0.05, 0) is 73.9 Å². The first kappa shape index (κ1) is 26.1. The van der Waals surface area contributed by atoms with Crippen LogP contribution in [0, 0.1) is 11.3 Å². The standard InChI is InChI=1S/C30H30N2O4/c1-4-10-24-17-23(19-28(35-6-3)29(24)36-21-22-11-8-7-9-12-22)18-25(20-31)30(33)32-26-13-15-27(16-14-26)34-5-2/h4,7-9,11-19H,1,5-6,10,21H2,2-3H3,(H,32,33)/b25-18-. The second-order valence-electron chi connectivity index (χ2n) is 7.79. The van der Waals surface area contributed by atoms with Crippen molar-refractivity contribution in [2.75, 3.05) is 18.5 Å². The number of rotatable bonds is 12. The smallest absolute Gasteiger partial charge is 0.266 e. The molecule has 0 aliphatic heterocycles. The molecule has 6 nitrogen and oxygen atoms in total. The maximum atomic E-state index is 12.8. The highest BCUT2D eigenvalue weighted by atomic mass is 16.5. The van der Waals surface area contributed by atoms with E-state index in [-0.39, 0.29) is 5.57 Å². The zero-order chi connectivity index (χ0) is 25.8. The maximum absolute atomic E-state index is 12.8. The molecule has 0 saturated heterocycles. The second-order valence-corrected chi connectivity index (χ2v) is 7.79. The number of allylic oxidation sites excluding steroid dienone is 1. The number of amides is 1. The minimum Gasteiger partial charge on any atom is -0.494 e. The number of carbonyl (C=O) groups excluding carboxylic acids is 1. The van der Waals surface area contributed by atoms with Crippen molar-refractivity contribution < 1.29 is 19.0 Å². The summed E-state index contributed by atoms with van der Waals surface area (Å²) in [5.74, 6) is 1.37. The van der Waals surface area contributed by atoms with Crippen molar-refractivity contribution in [2.24, 2.45) is 0 Å². The summed E-state index contributed by atoms with van der Waals surface area (Å²) in [5, 5.41) is 12.4. The second kappa shape index (κ2) is 13.4. The van der Waals surface area contributed by atoms with Crippen LogP contribution in [0.1, 0.15) is 30.5 Å². The molecule has 0 aromatic heterocycles. The largest absolute Gasteiger partial charge is 0.494 e. The molecule has 0 aliphatic rings. The first-order chi connectivity index (χ1) is 17.6. The number of ether oxygens (including phenoxy) is 3. The van der Waals surface area contributed by atoms with Gasteiger partial charge in [0.25, 0.3) is 5.91 Å². The van der Waals surface area contributed by atoms with Gasteiger partial charge in [-0.1, -0.05) is 36.4 Å². The lowest BCUT2D eigenvalue weighted by atomic mass is 10.0. The third-order valence-corrected chi connectivity index (χ3v) is 5.14. The molecule has 36 heavy (non-hydrogen) atoms. The summed E-state index contributed by atoms with van der Waals surface area (Å²) in [7, 11) is 0. The third-order valence-electron chi connectivity index (χ3n) is 5.14. The van der Waals surface area contributed by atoms with E-state index in [2.05, 4.69) is 11.9 Å². The van der Waals surface area contributed by atoms with E-state index in [1.54, 1.807) is 42.5 Å². The fourth-order valence-electron chi connectivity index (χ4n) is 3.55. The van der Waals surface area contributed by atoms with Crippen LogP contribution in [0.25, 0.3) is 6.08 Å². The van der Waals surface area contributed by atoms with Crippen LogP contribution in [0.5, 0.6) is 17.2 Å². The number of nitrogens with zero attached hydrogens (tertiary/aromatic N) is 1. The van der Waals surface area contributed by atoms with E-state index < -0.39 is 5.91 Å². The Kier molecular flexibility index (Phi) is 9.72. The molecule has 3 rings (SSSR count). The SMILES string of the molecule is C=CCc1cc(/C=C(/C#N)C(=O)Nc2ccc(OCC)cc2)cc(OCC)c1OCc1ccccc1. The first-order valence-electron chi connectivity index (χ1n) is 11.8. The van der Waals surface area contributed by atoms with E-state index in [0.29, 0.717) is 54.7 Å². The van der Waals surface area contributed by atoms with E-state index in [9.17, 15) is 10.1 Å². The number of nitrogens with one attached hydrogen (secondary N) is 1. The summed E-state index contributed by atoms with van der Waals surface area (Å²) in [5.41, 5.74) is 3.07. The molecule has 1 N–H and O–H groups in total. The van der Waals surface area contributed by atoms with Crippen molar-refractivity contribution >= 4 is 17.7 Å². The summed E-state index contributed by atoms with van der Waals surface area (Å²) in [6.45, 7) is 9.02. The molecule has 0 fully saturated rings. The zero-order valence-electron chi connectivity index (χ0n) is 20.6. The van der Waals surface area contributed by atoms with Gasteiger partial charge in [-0.15, -0.1) is 6.58 Å². The van der Waals surface area contributed by atoms with Gasteiger partial charge >= 0.3 is 0 Å². The molecular weight excluding hydrogens is 452 g/mol. The highest BCUT2D eigenvalue weighted by Crippen LogP contribution is 2.35. The lowest BCUT2D eigenvalue weighted by molar-refractivity contribution is -0.112. The Morgan fingerprint density at radius 2 is 1.72 bits per heavy atom. The average Bonchev–Trinajstić information content (AvgIpc) is 2.89. The first-order valence-corrected chi connectivity index (χ1v) is 11.8. The third kappa shape index (κ3) is 7.25. The summed E-state index contributed by atoms with van der Waals surface area (Å²) in [4.78, 5) is 12.8. The van der Waals surface area contributed by atoms with E-state index >= 15 is 0 Å². The lowest BCUT2D eigenvalue weighted by Crippen LogP contribution is -2.13. The van der Waals surface area contributed by atoms with Gasteiger partial charge in [0.2, 0.25) is 0 Å². The molecule has 0 aliphatic carbocycles. The van der Waals surface area contributed by atoms with Gasteiger partial charge in [-0.25, -0.2) is 0 Å². The maximum Gasteiger partial charge on any atom is 0.266 e. The van der Waals surface area contributed by atoms with Crippen LogP contribution in [0.15, 0.2) is 85.0 Å². The van der Waals surface area contributed by atoms with Crippen LogP contribution in [0.2, 0.25) is 0 Å². The molecule has 1 amide bonds. The minimum atomic E-state index is -0.505. The van der Waals surface area contributed by atoms with Crippen LogP contribution in [0.3, 0.4) is 0 Å². The van der Waals surface area contributed by atoms with Crippen LogP contribution in [-0.2, 0) is 17.8 Å². The van der Waals surface area contributed by atoms with Gasteiger partial charge in [0, 0.05) is 11.3 Å². The predicted octanol–water partition coefficient (Wildman–Crippen LogP) is 6.34. The Labute approximate surface area is 212 Å². The Morgan fingerprint density at radius 3 is 2.36 bits per heavy atom. The van der Waals surface area contributed by atoms with E-state index in [1.807, 2.05) is 56.3 Å². The van der Waals surface area contributed by atoms with Gasteiger partial charge in [-0.2, -0.15) is 5.26 Å². The van der Waals surface area contributed by atoms with Crippen molar-refractivity contribution in [3.63, 3.8) is 0 Å². The molecule has 3 aromatic carbocycles. The molecule has 0 heterocycles. The Bertz CT molecular complexity index is 1240. The van der Waals surface area contributed by atoms with Crippen molar-refractivity contribution in [1.29, 1.82) is 5.26 Å². The monoisotopic (exact) mass is 482 g/mol. The van der Waals surface area contributed by atoms with Crippen molar-refractivity contribution in [3.8, 4) is 23.3 Å². The van der Waals surface area contributed by atoms with Gasteiger partial charge in [0.15, 0.2) is 11.5 Å². The van der Waals surface area contributed by atoms with Gasteiger partial charge in [-0.3, -0.25) is 4.79 Å². The normalized spacial score (nSPS) is 10.8. The predicted molar refractivity (Wildman–Crippen MR) is 142 cm³/mol. The number of anilines is 1. The summed E-state index contributed by atoms with van der Waals surface area (Å²) in [6.07, 6.45) is 3.85. The van der Waals surface area contributed by atoms with Crippen LogP contribution >= 0.6 is 0 Å². The number of hydrogen-bond acceptors (Lipinski definition) is 5. The average molecular weight is 483 g/mol. The number of benzene rings is 3. The molecule has 0 atom stereocenters. The minimum absolute atomic E-state index is 0.0335. The lowest BCUT2D eigenvalue weighted by Gasteiger charge is -2.17. The Morgan fingerprint density at radius 1 is 1.00 bits per heavy atom. The molecular formula is C30H30N2O4. The Hall–Kier alpha value is -4.50. The van der Waals surface area contributed by atoms with Gasteiger partial charge < -0.3 is 19.5 Å². The van der Waals surface area contributed by atoms with Crippen molar-refractivity contribution in [2.45, 2.75) is 26.9 Å². The van der Waals surface area contributed by atoms with Crippen molar-refractivity contribution in [1.82, 2.24) is 0 Å². The molecule has 3 aromatic rings. The summed E-state index contributed by atoms with van der Waals surface area (Å²) in [6, 6.07) is 22.5. The highest BCUT2D eigenvalue weighted by molar-refractivity contribution is 6.09. The van der Waals surface area contributed by atoms with Gasteiger partial charge in [0.05, 0.1) is 13.2 Å². The molecule has 0 unspecified atom stereocenters. The fourth-order valence-corrected chi connectivity index (χ4v) is 3.55. The molecule has 0 spiro atoms. The van der Waals surface area contributed by atoms with Crippen LogP contribution < -0.4 is 19.5 Å². The molecule has 184 valence electrons. The van der Waals surface area contributed by atoms with Gasteiger partial charge in [0.1, 0.15) is 24.0 Å². The quantitative estimate of drug-likeness (QED) is 0.185. The highest BCUT2D eigenvalue weighted by Gasteiger charge is 2.15. The number of hydrogen-bond donors (Lipinski definition) is 1. The van der Waals surface area contributed by atoms with E-state index in [0.717, 1.165) is 11.1 Å². The van der Waals surface area contributed by atoms with Crippen LogP contribution in [0.4, 0.5) is 5.69 Å². The molecule has 6 heteroatoms. The molecule has 0 bridgehead atoms. The number of nitriles is 1. The topological polar surface area (TPSA) is 80.6 Å². The van der Waals surface area contributed by atoms with Crippen molar-refractivity contribution in [3.05, 3.63) is 102 Å². The summed E-state index contributed by atoms with van der Waals surface area (Å²) >= 11 is 0. The van der Waals surface area contributed by atoms with E-state index in [4.69, 9.17) is 14.2 Å².